The van der Waals surface area contributed by atoms with Crippen LogP contribution in [0.1, 0.15) is 33.4 Å². The number of rotatable bonds is 0. The van der Waals surface area contributed by atoms with Gasteiger partial charge >= 0.3 is 0 Å². The molecule has 0 saturated heterocycles. The molecule has 1 rings (SSSR count). The van der Waals surface area contributed by atoms with Crippen LogP contribution in [0.15, 0.2) is 12.5 Å². The van der Waals surface area contributed by atoms with Gasteiger partial charge in [-0.3, -0.25) is 0 Å². The Hall–Kier alpha value is -0.990. The van der Waals surface area contributed by atoms with E-state index in [0.29, 0.717) is 0 Å². The minimum absolute atomic E-state index is 0.898. The zero-order valence-corrected chi connectivity index (χ0v) is 8.00. The molecule has 3 nitrogen and oxygen atoms in total. The van der Waals surface area contributed by atoms with Crippen molar-refractivity contribution >= 4 is 0 Å². The highest BCUT2D eigenvalue weighted by molar-refractivity contribution is 4.84. The Morgan fingerprint density at radius 3 is 1.73 bits per heavy atom. The van der Waals surface area contributed by atoms with Crippen molar-refractivity contribution in [3.05, 3.63) is 18.2 Å². The number of aryl methyl sites for hydroxylation is 1. The van der Waals surface area contributed by atoms with Crippen LogP contribution in [0.5, 0.6) is 0 Å². The van der Waals surface area contributed by atoms with Gasteiger partial charge in [-0.05, 0) is 6.92 Å². The molecule has 64 valence electrons. The summed E-state index contributed by atoms with van der Waals surface area (Å²) < 4.78 is 0. The molecule has 0 bridgehead atoms. The van der Waals surface area contributed by atoms with Gasteiger partial charge in [-0.15, -0.1) is 5.10 Å². The first kappa shape index (κ1) is 12.7. The van der Waals surface area contributed by atoms with E-state index in [1.807, 2.05) is 34.6 Å². The lowest BCUT2D eigenvalue weighted by Gasteiger charge is -1.80. The largest absolute Gasteiger partial charge is 0.238 e. The van der Waals surface area contributed by atoms with Crippen molar-refractivity contribution in [2.75, 3.05) is 0 Å². The number of nitrogens with zero attached hydrogens (tertiary/aromatic N) is 3. The summed E-state index contributed by atoms with van der Waals surface area (Å²) in [5, 5.41) is 7.06. The van der Waals surface area contributed by atoms with E-state index in [-0.39, 0.29) is 0 Å². The summed E-state index contributed by atoms with van der Waals surface area (Å²) in [5.74, 6) is 0. The normalized spacial score (nSPS) is 6.64. The molecular weight excluding hydrogens is 138 g/mol. The van der Waals surface area contributed by atoms with Gasteiger partial charge in [0, 0.05) is 0 Å². The fourth-order valence-electron chi connectivity index (χ4n) is 0.297. The molecule has 0 fully saturated rings. The molecule has 0 aliphatic rings. The highest BCUT2D eigenvalue weighted by Gasteiger charge is 1.75. The highest BCUT2D eigenvalue weighted by Crippen LogP contribution is 1.78. The van der Waals surface area contributed by atoms with Crippen molar-refractivity contribution in [3.8, 4) is 0 Å². The maximum Gasteiger partial charge on any atom is 0.138 e. The van der Waals surface area contributed by atoms with E-state index < -0.39 is 0 Å². The quantitative estimate of drug-likeness (QED) is 0.576. The predicted molar refractivity (Wildman–Crippen MR) is 47.3 cm³/mol. The smallest absolute Gasteiger partial charge is 0.138 e. The van der Waals surface area contributed by atoms with Crippen molar-refractivity contribution in [2.24, 2.45) is 0 Å². The molecule has 0 atom stereocenters. The Kier molecular flexibility index (Phi) is 13.5. The molecule has 0 unspecified atom stereocenters. The highest BCUT2D eigenvalue weighted by atomic mass is 15.1. The lowest BCUT2D eigenvalue weighted by atomic mass is 10.6. The average Bonchev–Trinajstić information content (AvgIpc) is 2.13. The van der Waals surface area contributed by atoms with Crippen LogP contribution >= 0.6 is 0 Å². The predicted octanol–water partition coefficient (Wildman–Crippen LogP) is 2.23. The molecule has 1 heterocycles. The van der Waals surface area contributed by atoms with Crippen LogP contribution in [0.25, 0.3) is 0 Å². The lowest BCUT2D eigenvalue weighted by Crippen LogP contribution is -1.83. The summed E-state index contributed by atoms with van der Waals surface area (Å²) in [6.45, 7) is 9.87. The van der Waals surface area contributed by atoms with Crippen LogP contribution in [0.4, 0.5) is 0 Å². The van der Waals surface area contributed by atoms with Gasteiger partial charge in [0.25, 0.3) is 0 Å². The minimum Gasteiger partial charge on any atom is -0.238 e. The summed E-state index contributed by atoms with van der Waals surface area (Å²) in [7, 11) is 0. The standard InChI is InChI=1S/C4H5N3.2C2H6/c1-4-2-6-7-3-5-4;2*1-2/h2-3H,1H3;2*1-2H3. The third kappa shape index (κ3) is 9.01. The van der Waals surface area contributed by atoms with Crippen LogP contribution in [0, 0.1) is 6.92 Å². The van der Waals surface area contributed by atoms with E-state index in [2.05, 4.69) is 15.2 Å². The third-order valence-electron chi connectivity index (χ3n) is 0.624. The van der Waals surface area contributed by atoms with Gasteiger partial charge in [0.1, 0.15) is 6.33 Å². The van der Waals surface area contributed by atoms with E-state index in [4.69, 9.17) is 0 Å². The van der Waals surface area contributed by atoms with E-state index in [9.17, 15) is 0 Å². The molecule has 1 aromatic rings. The first-order valence-electron chi connectivity index (χ1n) is 3.99. The summed E-state index contributed by atoms with van der Waals surface area (Å²) in [6, 6.07) is 0. The summed E-state index contributed by atoms with van der Waals surface area (Å²) in [4.78, 5) is 3.81. The van der Waals surface area contributed by atoms with Gasteiger partial charge in [-0.25, -0.2) is 4.98 Å². The van der Waals surface area contributed by atoms with Crippen LogP contribution < -0.4 is 0 Å². The minimum atomic E-state index is 0.898. The van der Waals surface area contributed by atoms with Gasteiger partial charge < -0.3 is 0 Å². The zero-order chi connectivity index (χ0) is 9.11. The lowest BCUT2D eigenvalue weighted by molar-refractivity contribution is 0.939. The SMILES string of the molecule is CC.CC.Cc1cnncn1. The van der Waals surface area contributed by atoms with Gasteiger partial charge in [0.2, 0.25) is 0 Å². The fraction of sp³-hybridized carbons (Fsp3) is 0.625. The topological polar surface area (TPSA) is 38.7 Å². The summed E-state index contributed by atoms with van der Waals surface area (Å²) in [6.07, 6.45) is 3.04. The Labute approximate surface area is 68.9 Å². The molecular formula is C8H17N3. The van der Waals surface area contributed by atoms with Gasteiger partial charge in [-0.1, -0.05) is 27.7 Å². The Balaban J connectivity index is 0. The number of hydrogen-bond acceptors (Lipinski definition) is 3. The average molecular weight is 155 g/mol. The van der Waals surface area contributed by atoms with Crippen LogP contribution in [-0.2, 0) is 0 Å². The molecule has 0 amide bonds. The van der Waals surface area contributed by atoms with E-state index in [0.717, 1.165) is 5.69 Å². The van der Waals surface area contributed by atoms with E-state index in [1.54, 1.807) is 6.20 Å². The third-order valence-corrected chi connectivity index (χ3v) is 0.624. The first-order valence-corrected chi connectivity index (χ1v) is 3.99. The van der Waals surface area contributed by atoms with Crippen LogP contribution in [0.2, 0.25) is 0 Å². The molecule has 1 aromatic heterocycles. The van der Waals surface area contributed by atoms with E-state index >= 15 is 0 Å². The second-order valence-electron chi connectivity index (χ2n) is 1.25. The Bertz CT molecular complexity index is 139. The monoisotopic (exact) mass is 155 g/mol. The molecule has 0 saturated carbocycles. The Morgan fingerprint density at radius 2 is 1.55 bits per heavy atom. The maximum atomic E-state index is 3.81. The van der Waals surface area contributed by atoms with Crippen molar-refractivity contribution in [2.45, 2.75) is 34.6 Å². The second-order valence-corrected chi connectivity index (χ2v) is 1.25. The van der Waals surface area contributed by atoms with Crippen molar-refractivity contribution < 1.29 is 0 Å². The first-order chi connectivity index (χ1) is 5.39. The number of aromatic nitrogens is 3. The van der Waals surface area contributed by atoms with Gasteiger partial charge in [0.15, 0.2) is 0 Å². The molecule has 0 spiro atoms. The Morgan fingerprint density at radius 1 is 1.00 bits per heavy atom. The molecule has 0 N–H and O–H groups in total. The van der Waals surface area contributed by atoms with Crippen LogP contribution in [0.3, 0.4) is 0 Å². The van der Waals surface area contributed by atoms with Crippen LogP contribution in [-0.4, -0.2) is 15.2 Å². The van der Waals surface area contributed by atoms with Crippen molar-refractivity contribution in [3.63, 3.8) is 0 Å². The summed E-state index contributed by atoms with van der Waals surface area (Å²) in [5.41, 5.74) is 0.898. The summed E-state index contributed by atoms with van der Waals surface area (Å²) >= 11 is 0. The van der Waals surface area contributed by atoms with Crippen molar-refractivity contribution in [1.29, 1.82) is 0 Å². The number of hydrogen-bond donors (Lipinski definition) is 0. The van der Waals surface area contributed by atoms with E-state index in [1.165, 1.54) is 6.33 Å². The molecule has 0 aliphatic carbocycles. The zero-order valence-electron chi connectivity index (χ0n) is 8.00. The van der Waals surface area contributed by atoms with Crippen molar-refractivity contribution in [1.82, 2.24) is 15.2 Å². The molecule has 0 radical (unpaired) electrons. The molecule has 0 aliphatic heterocycles. The maximum absolute atomic E-state index is 3.81. The van der Waals surface area contributed by atoms with Gasteiger partial charge in [-0.2, -0.15) is 5.10 Å². The molecule has 3 heteroatoms. The van der Waals surface area contributed by atoms with Gasteiger partial charge in [0.05, 0.1) is 11.9 Å². The fourth-order valence-corrected chi connectivity index (χ4v) is 0.297. The molecule has 0 aromatic carbocycles. The molecule has 11 heavy (non-hydrogen) atoms. The second kappa shape index (κ2) is 11.8.